The number of carbonyl (C=O) groups is 1. The van der Waals surface area contributed by atoms with Crippen molar-refractivity contribution in [3.05, 3.63) is 0 Å². The van der Waals surface area contributed by atoms with Crippen molar-refractivity contribution in [1.82, 2.24) is 15.5 Å². The molecular formula is C16H32N4O3. The van der Waals surface area contributed by atoms with E-state index in [1.165, 1.54) is 0 Å². The van der Waals surface area contributed by atoms with Gasteiger partial charge in [0.2, 0.25) is 0 Å². The molecule has 1 saturated heterocycles. The SMILES string of the molecule is CN=C(NCCCOC(C)C)NC1CN(C(=O)OC(C)(C)C)C1. The van der Waals surface area contributed by atoms with E-state index < -0.39 is 5.60 Å². The fourth-order valence-corrected chi connectivity index (χ4v) is 2.03. The number of carbonyl (C=O) groups excluding carboxylic acids is 1. The predicted molar refractivity (Wildman–Crippen MR) is 91.8 cm³/mol. The number of guanidine groups is 1. The first-order valence-corrected chi connectivity index (χ1v) is 8.28. The molecule has 0 aromatic heterocycles. The van der Waals surface area contributed by atoms with Gasteiger partial charge in [-0.05, 0) is 41.0 Å². The van der Waals surface area contributed by atoms with Crippen molar-refractivity contribution in [3.8, 4) is 0 Å². The van der Waals surface area contributed by atoms with Crippen molar-refractivity contribution in [2.45, 2.75) is 58.8 Å². The molecule has 0 aliphatic carbocycles. The summed E-state index contributed by atoms with van der Waals surface area (Å²) in [6.45, 7) is 12.5. The average Bonchev–Trinajstić information content (AvgIpc) is 2.36. The predicted octanol–water partition coefficient (Wildman–Crippen LogP) is 1.59. The summed E-state index contributed by atoms with van der Waals surface area (Å²) in [7, 11) is 1.74. The molecule has 134 valence electrons. The molecular weight excluding hydrogens is 296 g/mol. The zero-order valence-electron chi connectivity index (χ0n) is 15.3. The number of nitrogens with one attached hydrogen (secondary N) is 2. The van der Waals surface area contributed by atoms with E-state index in [9.17, 15) is 4.79 Å². The van der Waals surface area contributed by atoms with Gasteiger partial charge in [0.1, 0.15) is 5.60 Å². The van der Waals surface area contributed by atoms with Gasteiger partial charge in [-0.25, -0.2) is 4.79 Å². The van der Waals surface area contributed by atoms with Gasteiger partial charge in [-0.1, -0.05) is 0 Å². The topological polar surface area (TPSA) is 75.2 Å². The molecule has 7 heteroatoms. The van der Waals surface area contributed by atoms with Crippen LogP contribution >= 0.6 is 0 Å². The van der Waals surface area contributed by atoms with Gasteiger partial charge in [0.25, 0.3) is 0 Å². The second kappa shape index (κ2) is 8.96. The Morgan fingerprint density at radius 2 is 2.00 bits per heavy atom. The third-order valence-electron chi connectivity index (χ3n) is 3.16. The van der Waals surface area contributed by atoms with Gasteiger partial charge in [-0.2, -0.15) is 0 Å². The zero-order chi connectivity index (χ0) is 17.5. The van der Waals surface area contributed by atoms with Crippen molar-refractivity contribution >= 4 is 12.1 Å². The summed E-state index contributed by atoms with van der Waals surface area (Å²) in [6, 6.07) is 0.209. The first kappa shape index (κ1) is 19.5. The van der Waals surface area contributed by atoms with Crippen LogP contribution in [0, 0.1) is 0 Å². The summed E-state index contributed by atoms with van der Waals surface area (Å²) in [6.07, 6.45) is 0.929. The first-order chi connectivity index (χ1) is 10.7. The van der Waals surface area contributed by atoms with E-state index in [1.807, 2.05) is 34.6 Å². The van der Waals surface area contributed by atoms with E-state index in [4.69, 9.17) is 9.47 Å². The molecule has 0 aromatic carbocycles. The van der Waals surface area contributed by atoms with E-state index in [2.05, 4.69) is 15.6 Å². The molecule has 1 heterocycles. The maximum absolute atomic E-state index is 11.9. The summed E-state index contributed by atoms with van der Waals surface area (Å²) in [5.41, 5.74) is -0.453. The van der Waals surface area contributed by atoms with Crippen molar-refractivity contribution in [2.75, 3.05) is 33.3 Å². The fraction of sp³-hybridized carbons (Fsp3) is 0.875. The normalized spacial score (nSPS) is 16.3. The van der Waals surface area contributed by atoms with E-state index in [0.29, 0.717) is 13.1 Å². The molecule has 0 radical (unpaired) electrons. The van der Waals surface area contributed by atoms with Crippen LogP contribution in [0.15, 0.2) is 4.99 Å². The van der Waals surface area contributed by atoms with Crippen LogP contribution in [0.5, 0.6) is 0 Å². The molecule has 2 N–H and O–H groups in total. The lowest BCUT2D eigenvalue weighted by atomic mass is 10.1. The number of likely N-dealkylation sites (tertiary alicyclic amines) is 1. The summed E-state index contributed by atoms with van der Waals surface area (Å²) in [4.78, 5) is 17.7. The van der Waals surface area contributed by atoms with Gasteiger partial charge in [0, 0.05) is 33.3 Å². The van der Waals surface area contributed by atoms with Gasteiger partial charge in [0.15, 0.2) is 5.96 Å². The number of hydrogen-bond donors (Lipinski definition) is 2. The molecule has 0 atom stereocenters. The summed E-state index contributed by atoms with van der Waals surface area (Å²) >= 11 is 0. The van der Waals surface area contributed by atoms with Gasteiger partial charge in [0.05, 0.1) is 12.1 Å². The number of aliphatic imine (C=N–C) groups is 1. The van der Waals surface area contributed by atoms with Crippen LogP contribution in [-0.4, -0.2) is 68.0 Å². The lowest BCUT2D eigenvalue weighted by Gasteiger charge is -2.40. The summed E-state index contributed by atoms with van der Waals surface area (Å²) < 4.78 is 10.8. The molecule has 0 unspecified atom stereocenters. The minimum absolute atomic E-state index is 0.209. The van der Waals surface area contributed by atoms with E-state index >= 15 is 0 Å². The Labute approximate surface area is 139 Å². The number of rotatable bonds is 6. The zero-order valence-corrected chi connectivity index (χ0v) is 15.3. The highest BCUT2D eigenvalue weighted by atomic mass is 16.6. The van der Waals surface area contributed by atoms with Gasteiger partial charge in [-0.3, -0.25) is 4.99 Å². The van der Waals surface area contributed by atoms with E-state index in [0.717, 1.165) is 25.5 Å². The third kappa shape index (κ3) is 8.06. The van der Waals surface area contributed by atoms with Gasteiger partial charge >= 0.3 is 6.09 Å². The molecule has 0 saturated carbocycles. The van der Waals surface area contributed by atoms with E-state index in [1.54, 1.807) is 11.9 Å². The van der Waals surface area contributed by atoms with Crippen LogP contribution in [0.1, 0.15) is 41.0 Å². The van der Waals surface area contributed by atoms with Crippen molar-refractivity contribution in [2.24, 2.45) is 4.99 Å². The molecule has 1 aliphatic rings. The molecule has 0 aromatic rings. The maximum Gasteiger partial charge on any atom is 0.410 e. The highest BCUT2D eigenvalue weighted by Crippen LogP contribution is 2.15. The molecule has 1 fully saturated rings. The Morgan fingerprint density at radius 3 is 2.52 bits per heavy atom. The summed E-state index contributed by atoms with van der Waals surface area (Å²) in [5, 5.41) is 6.55. The van der Waals surface area contributed by atoms with Crippen molar-refractivity contribution in [3.63, 3.8) is 0 Å². The number of nitrogens with zero attached hydrogens (tertiary/aromatic N) is 2. The van der Waals surface area contributed by atoms with Crippen LogP contribution in [0.2, 0.25) is 0 Å². The molecule has 1 rings (SSSR count). The van der Waals surface area contributed by atoms with Crippen LogP contribution < -0.4 is 10.6 Å². The third-order valence-corrected chi connectivity index (χ3v) is 3.16. The lowest BCUT2D eigenvalue weighted by Crippen LogP contribution is -2.63. The van der Waals surface area contributed by atoms with Crippen molar-refractivity contribution in [1.29, 1.82) is 0 Å². The van der Waals surface area contributed by atoms with Crippen LogP contribution in [-0.2, 0) is 9.47 Å². The standard InChI is InChI=1S/C16H32N4O3/c1-12(2)22-9-7-8-18-14(17-6)19-13-10-20(11-13)15(21)23-16(3,4)5/h12-13H,7-11H2,1-6H3,(H2,17,18,19). The highest BCUT2D eigenvalue weighted by Gasteiger charge is 2.34. The Bertz CT molecular complexity index is 399. The Kier molecular flexibility index (Phi) is 7.61. The molecule has 0 spiro atoms. The molecule has 1 amide bonds. The average molecular weight is 328 g/mol. The van der Waals surface area contributed by atoms with Gasteiger partial charge < -0.3 is 25.0 Å². The first-order valence-electron chi connectivity index (χ1n) is 8.28. The van der Waals surface area contributed by atoms with Crippen LogP contribution in [0.3, 0.4) is 0 Å². The minimum Gasteiger partial charge on any atom is -0.444 e. The number of amides is 1. The Balaban J connectivity index is 2.18. The van der Waals surface area contributed by atoms with Crippen LogP contribution in [0.4, 0.5) is 4.79 Å². The molecule has 7 nitrogen and oxygen atoms in total. The molecule has 23 heavy (non-hydrogen) atoms. The van der Waals surface area contributed by atoms with Crippen molar-refractivity contribution < 1.29 is 14.3 Å². The Morgan fingerprint density at radius 1 is 1.35 bits per heavy atom. The number of hydrogen-bond acceptors (Lipinski definition) is 4. The van der Waals surface area contributed by atoms with E-state index in [-0.39, 0.29) is 18.2 Å². The molecule has 1 aliphatic heterocycles. The minimum atomic E-state index is -0.453. The highest BCUT2D eigenvalue weighted by molar-refractivity contribution is 5.80. The van der Waals surface area contributed by atoms with Gasteiger partial charge in [-0.15, -0.1) is 0 Å². The largest absolute Gasteiger partial charge is 0.444 e. The second-order valence-corrected chi connectivity index (χ2v) is 7.00. The quantitative estimate of drug-likeness (QED) is 0.440. The van der Waals surface area contributed by atoms with Crippen LogP contribution in [0.25, 0.3) is 0 Å². The smallest absolute Gasteiger partial charge is 0.410 e. The number of ether oxygens (including phenoxy) is 2. The fourth-order valence-electron chi connectivity index (χ4n) is 2.03. The Hall–Kier alpha value is -1.50. The summed E-state index contributed by atoms with van der Waals surface area (Å²) in [5.74, 6) is 0.753. The second-order valence-electron chi connectivity index (χ2n) is 7.00. The maximum atomic E-state index is 11.9. The lowest BCUT2D eigenvalue weighted by molar-refractivity contribution is 0.00699. The molecule has 0 bridgehead atoms. The monoisotopic (exact) mass is 328 g/mol.